The summed E-state index contributed by atoms with van der Waals surface area (Å²) in [5.41, 5.74) is 0. The van der Waals surface area contributed by atoms with Gasteiger partial charge in [0.25, 0.3) is 10.1 Å². The third kappa shape index (κ3) is 4.30. The van der Waals surface area contributed by atoms with E-state index in [4.69, 9.17) is 4.55 Å². The molecular weight excluding hydrogens is 182 g/mol. The Morgan fingerprint density at radius 2 is 1.92 bits per heavy atom. The molecule has 0 aromatic carbocycles. The fraction of sp³-hybridized carbons (Fsp3) is 0.833. The summed E-state index contributed by atoms with van der Waals surface area (Å²) in [6.45, 7) is 3.57. The minimum atomic E-state index is -4.09. The van der Waals surface area contributed by atoms with E-state index in [0.29, 0.717) is 0 Å². The molecule has 0 heterocycles. The van der Waals surface area contributed by atoms with Crippen molar-refractivity contribution in [2.24, 2.45) is 0 Å². The molecule has 0 aromatic heterocycles. The van der Waals surface area contributed by atoms with Crippen LogP contribution in [-0.2, 0) is 14.9 Å². The van der Waals surface area contributed by atoms with E-state index in [0.717, 1.165) is 4.90 Å². The molecule has 0 spiro atoms. The summed E-state index contributed by atoms with van der Waals surface area (Å²) >= 11 is 0. The third-order valence-corrected chi connectivity index (χ3v) is 1.99. The van der Waals surface area contributed by atoms with Gasteiger partial charge in [0.15, 0.2) is 0 Å². The van der Waals surface area contributed by atoms with Gasteiger partial charge in [0.2, 0.25) is 5.91 Å². The molecule has 0 rings (SSSR count). The first-order chi connectivity index (χ1) is 5.40. The standard InChI is InChI=1S/C6H13NO4S/c1-3-6(8)7(4-2)5-12(9,10)11/h3-5H2,1-2H3,(H,9,10,11). The van der Waals surface area contributed by atoms with Gasteiger partial charge in [-0.25, -0.2) is 0 Å². The van der Waals surface area contributed by atoms with Crippen LogP contribution in [0.5, 0.6) is 0 Å². The zero-order valence-electron chi connectivity index (χ0n) is 7.15. The van der Waals surface area contributed by atoms with Crippen LogP contribution < -0.4 is 0 Å². The van der Waals surface area contributed by atoms with Gasteiger partial charge in [0.05, 0.1) is 0 Å². The van der Waals surface area contributed by atoms with Crippen LogP contribution in [0.25, 0.3) is 0 Å². The Hall–Kier alpha value is -0.620. The van der Waals surface area contributed by atoms with Gasteiger partial charge in [0, 0.05) is 13.0 Å². The molecule has 0 atom stereocenters. The summed E-state index contributed by atoms with van der Waals surface area (Å²) in [7, 11) is -4.09. The number of hydrogen-bond donors (Lipinski definition) is 1. The lowest BCUT2D eigenvalue weighted by Crippen LogP contribution is -2.34. The highest BCUT2D eigenvalue weighted by atomic mass is 32.2. The molecule has 0 unspecified atom stereocenters. The first-order valence-corrected chi connectivity index (χ1v) is 5.24. The van der Waals surface area contributed by atoms with E-state index in [2.05, 4.69) is 0 Å². The van der Waals surface area contributed by atoms with Crippen LogP contribution in [0.4, 0.5) is 0 Å². The number of rotatable bonds is 4. The van der Waals surface area contributed by atoms with Crippen LogP contribution in [0.3, 0.4) is 0 Å². The van der Waals surface area contributed by atoms with E-state index in [1.807, 2.05) is 0 Å². The Labute approximate surface area is 72.1 Å². The molecule has 0 saturated carbocycles. The van der Waals surface area contributed by atoms with Crippen molar-refractivity contribution in [1.82, 2.24) is 4.90 Å². The van der Waals surface area contributed by atoms with E-state index in [1.165, 1.54) is 0 Å². The minimum Gasteiger partial charge on any atom is -0.326 e. The van der Waals surface area contributed by atoms with Crippen LogP contribution in [0, 0.1) is 0 Å². The molecule has 72 valence electrons. The number of carbonyl (C=O) groups is 1. The maximum Gasteiger partial charge on any atom is 0.283 e. The normalized spacial score (nSPS) is 11.2. The van der Waals surface area contributed by atoms with Crippen molar-refractivity contribution in [3.05, 3.63) is 0 Å². The molecular formula is C6H13NO4S. The van der Waals surface area contributed by atoms with Crippen molar-refractivity contribution in [2.75, 3.05) is 12.4 Å². The van der Waals surface area contributed by atoms with E-state index >= 15 is 0 Å². The molecule has 0 aliphatic carbocycles. The first-order valence-electron chi connectivity index (χ1n) is 3.63. The predicted octanol–water partition coefficient (Wildman–Crippen LogP) is 0.0902. The van der Waals surface area contributed by atoms with Gasteiger partial charge >= 0.3 is 0 Å². The average Bonchev–Trinajstić information content (AvgIpc) is 1.97. The smallest absolute Gasteiger partial charge is 0.283 e. The Balaban J connectivity index is 4.29. The lowest BCUT2D eigenvalue weighted by Gasteiger charge is -2.17. The number of hydrogen-bond acceptors (Lipinski definition) is 3. The van der Waals surface area contributed by atoms with Gasteiger partial charge in [0.1, 0.15) is 5.88 Å². The zero-order valence-corrected chi connectivity index (χ0v) is 7.97. The minimum absolute atomic E-state index is 0.239. The van der Waals surface area contributed by atoms with E-state index < -0.39 is 16.0 Å². The molecule has 0 bridgehead atoms. The van der Waals surface area contributed by atoms with Crippen LogP contribution in [0.1, 0.15) is 20.3 Å². The monoisotopic (exact) mass is 195 g/mol. The molecule has 0 saturated heterocycles. The Morgan fingerprint density at radius 3 is 2.17 bits per heavy atom. The predicted molar refractivity (Wildman–Crippen MR) is 44.1 cm³/mol. The van der Waals surface area contributed by atoms with Crippen LogP contribution in [0.15, 0.2) is 0 Å². The van der Waals surface area contributed by atoms with Crippen molar-refractivity contribution < 1.29 is 17.8 Å². The lowest BCUT2D eigenvalue weighted by molar-refractivity contribution is -0.129. The molecule has 1 N–H and O–H groups in total. The van der Waals surface area contributed by atoms with Crippen molar-refractivity contribution >= 4 is 16.0 Å². The summed E-state index contributed by atoms with van der Waals surface area (Å²) in [6, 6.07) is 0. The average molecular weight is 195 g/mol. The molecule has 0 fully saturated rings. The molecule has 0 aromatic rings. The van der Waals surface area contributed by atoms with Crippen molar-refractivity contribution in [3.8, 4) is 0 Å². The Morgan fingerprint density at radius 1 is 1.42 bits per heavy atom. The Bertz CT molecular complexity index is 246. The second-order valence-electron chi connectivity index (χ2n) is 2.31. The van der Waals surface area contributed by atoms with Gasteiger partial charge in [-0.05, 0) is 6.92 Å². The van der Waals surface area contributed by atoms with Gasteiger partial charge in [-0.1, -0.05) is 6.92 Å². The SMILES string of the molecule is CCC(=O)N(CC)CS(=O)(=O)O. The van der Waals surface area contributed by atoms with E-state index in [1.54, 1.807) is 13.8 Å². The van der Waals surface area contributed by atoms with Gasteiger partial charge in [-0.3, -0.25) is 9.35 Å². The third-order valence-electron chi connectivity index (χ3n) is 1.36. The second-order valence-corrected chi connectivity index (χ2v) is 3.74. The highest BCUT2D eigenvalue weighted by molar-refractivity contribution is 7.85. The lowest BCUT2D eigenvalue weighted by atomic mass is 10.4. The molecule has 0 aliphatic heterocycles. The molecule has 0 aliphatic rings. The quantitative estimate of drug-likeness (QED) is 0.645. The fourth-order valence-electron chi connectivity index (χ4n) is 0.760. The van der Waals surface area contributed by atoms with E-state index in [-0.39, 0.29) is 18.9 Å². The van der Waals surface area contributed by atoms with Crippen LogP contribution >= 0.6 is 0 Å². The van der Waals surface area contributed by atoms with Crippen LogP contribution in [0.2, 0.25) is 0 Å². The molecule has 0 radical (unpaired) electrons. The number of amides is 1. The first kappa shape index (κ1) is 11.4. The van der Waals surface area contributed by atoms with Gasteiger partial charge in [-0.2, -0.15) is 8.42 Å². The van der Waals surface area contributed by atoms with Crippen molar-refractivity contribution in [3.63, 3.8) is 0 Å². The summed E-state index contributed by atoms with van der Waals surface area (Å²) in [6.07, 6.45) is 0.239. The van der Waals surface area contributed by atoms with Gasteiger partial charge < -0.3 is 4.90 Å². The number of nitrogens with zero attached hydrogens (tertiary/aromatic N) is 1. The second kappa shape index (κ2) is 4.42. The van der Waals surface area contributed by atoms with E-state index in [9.17, 15) is 13.2 Å². The summed E-state index contributed by atoms with van der Waals surface area (Å²) in [4.78, 5) is 12.0. The maximum atomic E-state index is 11.0. The Kier molecular flexibility index (Phi) is 4.19. The summed E-state index contributed by atoms with van der Waals surface area (Å²) in [5, 5.41) is 0. The highest BCUT2D eigenvalue weighted by Gasteiger charge is 2.15. The summed E-state index contributed by atoms with van der Waals surface area (Å²) < 4.78 is 29.2. The highest BCUT2D eigenvalue weighted by Crippen LogP contribution is 1.96. The van der Waals surface area contributed by atoms with Crippen LogP contribution in [-0.4, -0.2) is 36.2 Å². The van der Waals surface area contributed by atoms with Crippen molar-refractivity contribution in [1.29, 1.82) is 0 Å². The largest absolute Gasteiger partial charge is 0.326 e. The molecule has 5 nitrogen and oxygen atoms in total. The fourth-order valence-corrected chi connectivity index (χ4v) is 1.48. The topological polar surface area (TPSA) is 74.7 Å². The van der Waals surface area contributed by atoms with Gasteiger partial charge in [-0.15, -0.1) is 0 Å². The molecule has 12 heavy (non-hydrogen) atoms. The zero-order chi connectivity index (χ0) is 9.78. The summed E-state index contributed by atoms with van der Waals surface area (Å²) in [5.74, 6) is -0.897. The van der Waals surface area contributed by atoms with Crippen molar-refractivity contribution in [2.45, 2.75) is 20.3 Å². The number of carbonyl (C=O) groups excluding carboxylic acids is 1. The molecule has 6 heteroatoms. The molecule has 1 amide bonds. The maximum absolute atomic E-state index is 11.0.